The van der Waals surface area contributed by atoms with Crippen molar-refractivity contribution in [1.29, 1.82) is 0 Å². The SMILES string of the molecule is CCC1(CNC(=NC)NCC2CCN(Cc3nc(C)c(C)o3)CC2)CCCC1. The minimum Gasteiger partial charge on any atom is -0.444 e. The molecule has 28 heavy (non-hydrogen) atoms. The molecule has 6 heteroatoms. The molecule has 0 aromatic carbocycles. The Balaban J connectivity index is 1.37. The van der Waals surface area contributed by atoms with Gasteiger partial charge in [0.2, 0.25) is 5.89 Å². The minimum absolute atomic E-state index is 0.486. The van der Waals surface area contributed by atoms with Crippen LogP contribution in [0.5, 0.6) is 0 Å². The van der Waals surface area contributed by atoms with E-state index in [0.29, 0.717) is 11.3 Å². The number of guanidine groups is 1. The molecule has 0 bridgehead atoms. The zero-order valence-corrected chi connectivity index (χ0v) is 18.3. The smallest absolute Gasteiger partial charge is 0.208 e. The predicted octanol–water partition coefficient (Wildman–Crippen LogP) is 3.64. The van der Waals surface area contributed by atoms with Gasteiger partial charge in [-0.3, -0.25) is 9.89 Å². The molecule has 1 aliphatic heterocycles. The van der Waals surface area contributed by atoms with Gasteiger partial charge in [0.25, 0.3) is 0 Å². The lowest BCUT2D eigenvalue weighted by Crippen LogP contribution is -2.45. The highest BCUT2D eigenvalue weighted by Gasteiger charge is 2.32. The Morgan fingerprint density at radius 2 is 1.93 bits per heavy atom. The zero-order valence-electron chi connectivity index (χ0n) is 18.3. The summed E-state index contributed by atoms with van der Waals surface area (Å²) in [6.45, 7) is 11.4. The molecule has 0 amide bonds. The second-order valence-electron chi connectivity index (χ2n) is 8.84. The quantitative estimate of drug-likeness (QED) is 0.551. The topological polar surface area (TPSA) is 65.7 Å². The number of likely N-dealkylation sites (tertiary alicyclic amines) is 1. The molecule has 2 N–H and O–H groups in total. The fourth-order valence-corrected chi connectivity index (χ4v) is 4.66. The van der Waals surface area contributed by atoms with E-state index in [2.05, 4.69) is 32.4 Å². The van der Waals surface area contributed by atoms with Crippen LogP contribution in [0.2, 0.25) is 0 Å². The van der Waals surface area contributed by atoms with E-state index >= 15 is 0 Å². The van der Waals surface area contributed by atoms with E-state index in [4.69, 9.17) is 4.42 Å². The van der Waals surface area contributed by atoms with Gasteiger partial charge in [-0.15, -0.1) is 0 Å². The lowest BCUT2D eigenvalue weighted by molar-refractivity contribution is 0.164. The number of hydrogen-bond donors (Lipinski definition) is 2. The van der Waals surface area contributed by atoms with Crippen LogP contribution in [-0.2, 0) is 6.54 Å². The molecule has 2 aliphatic rings. The van der Waals surface area contributed by atoms with Gasteiger partial charge in [-0.2, -0.15) is 0 Å². The normalized spacial score (nSPS) is 21.2. The van der Waals surface area contributed by atoms with Gasteiger partial charge in [-0.05, 0) is 70.4 Å². The second-order valence-corrected chi connectivity index (χ2v) is 8.84. The Morgan fingerprint density at radius 3 is 2.50 bits per heavy atom. The number of hydrogen-bond acceptors (Lipinski definition) is 4. The van der Waals surface area contributed by atoms with Gasteiger partial charge in [0.1, 0.15) is 5.76 Å². The lowest BCUT2D eigenvalue weighted by atomic mass is 9.83. The monoisotopic (exact) mass is 389 g/mol. The molecule has 2 heterocycles. The summed E-state index contributed by atoms with van der Waals surface area (Å²) >= 11 is 0. The van der Waals surface area contributed by atoms with Crippen molar-refractivity contribution in [1.82, 2.24) is 20.5 Å². The number of piperidine rings is 1. The molecule has 1 aliphatic carbocycles. The van der Waals surface area contributed by atoms with E-state index in [1.165, 1.54) is 44.9 Å². The highest BCUT2D eigenvalue weighted by molar-refractivity contribution is 5.79. The van der Waals surface area contributed by atoms with Crippen LogP contribution < -0.4 is 10.6 Å². The molecule has 6 nitrogen and oxygen atoms in total. The number of nitrogens with one attached hydrogen (secondary N) is 2. The van der Waals surface area contributed by atoms with Crippen LogP contribution in [0.15, 0.2) is 9.41 Å². The molecule has 1 aromatic rings. The molecule has 1 saturated heterocycles. The number of nitrogens with zero attached hydrogens (tertiary/aromatic N) is 3. The van der Waals surface area contributed by atoms with Crippen molar-refractivity contribution >= 4 is 5.96 Å². The second kappa shape index (κ2) is 9.77. The third kappa shape index (κ3) is 5.49. The summed E-state index contributed by atoms with van der Waals surface area (Å²) in [7, 11) is 1.88. The molecule has 1 aromatic heterocycles. The number of aliphatic imine (C=N–C) groups is 1. The molecule has 0 radical (unpaired) electrons. The maximum atomic E-state index is 5.73. The van der Waals surface area contributed by atoms with Gasteiger partial charge in [-0.25, -0.2) is 4.98 Å². The fraction of sp³-hybridized carbons (Fsp3) is 0.818. The van der Waals surface area contributed by atoms with E-state index < -0.39 is 0 Å². The van der Waals surface area contributed by atoms with Gasteiger partial charge in [-0.1, -0.05) is 19.8 Å². The zero-order chi connectivity index (χ0) is 20.0. The average Bonchev–Trinajstić information content (AvgIpc) is 3.30. The summed E-state index contributed by atoms with van der Waals surface area (Å²) in [5, 5.41) is 7.17. The van der Waals surface area contributed by atoms with Gasteiger partial charge >= 0.3 is 0 Å². The Kier molecular flexibility index (Phi) is 7.38. The molecule has 2 fully saturated rings. The van der Waals surface area contributed by atoms with Crippen LogP contribution in [0.25, 0.3) is 0 Å². The first kappa shape index (κ1) is 21.2. The van der Waals surface area contributed by atoms with Gasteiger partial charge in [0, 0.05) is 20.1 Å². The van der Waals surface area contributed by atoms with Gasteiger partial charge < -0.3 is 15.1 Å². The Bertz CT molecular complexity index is 620. The molecule has 0 spiro atoms. The van der Waals surface area contributed by atoms with Crippen molar-refractivity contribution in [2.45, 2.75) is 72.3 Å². The van der Waals surface area contributed by atoms with Crippen LogP contribution in [-0.4, -0.2) is 49.1 Å². The van der Waals surface area contributed by atoms with Gasteiger partial charge in [0.15, 0.2) is 5.96 Å². The number of rotatable bonds is 7. The predicted molar refractivity (Wildman–Crippen MR) is 115 cm³/mol. The first-order valence-electron chi connectivity index (χ1n) is 11.1. The van der Waals surface area contributed by atoms with Gasteiger partial charge in [0.05, 0.1) is 12.2 Å². The van der Waals surface area contributed by atoms with Crippen LogP contribution in [0.1, 0.15) is 69.2 Å². The van der Waals surface area contributed by atoms with Crippen molar-refractivity contribution in [3.63, 3.8) is 0 Å². The Morgan fingerprint density at radius 1 is 1.21 bits per heavy atom. The fourth-order valence-electron chi connectivity index (χ4n) is 4.66. The average molecular weight is 390 g/mol. The molecule has 158 valence electrons. The molecule has 1 saturated carbocycles. The van der Waals surface area contributed by atoms with Crippen LogP contribution in [0.4, 0.5) is 0 Å². The van der Waals surface area contributed by atoms with E-state index in [1.807, 2.05) is 20.9 Å². The first-order chi connectivity index (χ1) is 13.5. The minimum atomic E-state index is 0.486. The highest BCUT2D eigenvalue weighted by Crippen LogP contribution is 2.40. The maximum absolute atomic E-state index is 5.73. The first-order valence-corrected chi connectivity index (χ1v) is 11.1. The summed E-state index contributed by atoms with van der Waals surface area (Å²) in [6.07, 6.45) is 9.16. The lowest BCUT2D eigenvalue weighted by Gasteiger charge is -2.32. The van der Waals surface area contributed by atoms with Crippen LogP contribution in [0.3, 0.4) is 0 Å². The number of oxazole rings is 1. The third-order valence-electron chi connectivity index (χ3n) is 6.97. The van der Waals surface area contributed by atoms with E-state index in [9.17, 15) is 0 Å². The largest absolute Gasteiger partial charge is 0.444 e. The highest BCUT2D eigenvalue weighted by atomic mass is 16.4. The molecule has 0 unspecified atom stereocenters. The van der Waals surface area contributed by atoms with Crippen molar-refractivity contribution in [3.05, 3.63) is 17.3 Å². The van der Waals surface area contributed by atoms with E-state index in [0.717, 1.165) is 56.0 Å². The Hall–Kier alpha value is -1.56. The Labute approximate surface area is 170 Å². The third-order valence-corrected chi connectivity index (χ3v) is 6.97. The van der Waals surface area contributed by atoms with Crippen molar-refractivity contribution < 1.29 is 4.42 Å². The number of aromatic nitrogens is 1. The summed E-state index contributed by atoms with van der Waals surface area (Å²) < 4.78 is 5.73. The maximum Gasteiger partial charge on any atom is 0.208 e. The summed E-state index contributed by atoms with van der Waals surface area (Å²) in [5.74, 6) is 3.46. The molecule has 3 rings (SSSR count). The number of aryl methyl sites for hydroxylation is 2. The molecule has 0 atom stereocenters. The van der Waals surface area contributed by atoms with Crippen molar-refractivity contribution in [3.8, 4) is 0 Å². The standard InChI is InChI=1S/C22H39N5O/c1-5-22(10-6-7-11-22)16-25-21(23-4)24-14-19-8-12-27(13-9-19)15-20-26-17(2)18(3)28-20/h19H,5-16H2,1-4H3,(H2,23,24,25). The summed E-state index contributed by atoms with van der Waals surface area (Å²) in [4.78, 5) is 11.4. The van der Waals surface area contributed by atoms with Crippen LogP contribution in [0, 0.1) is 25.2 Å². The van der Waals surface area contributed by atoms with E-state index in [-0.39, 0.29) is 0 Å². The molecular formula is C22H39N5O. The van der Waals surface area contributed by atoms with Crippen molar-refractivity contribution in [2.75, 3.05) is 33.2 Å². The van der Waals surface area contributed by atoms with Crippen molar-refractivity contribution in [2.24, 2.45) is 16.3 Å². The summed E-state index contributed by atoms with van der Waals surface area (Å²) in [6, 6.07) is 0. The van der Waals surface area contributed by atoms with E-state index in [1.54, 1.807) is 0 Å². The summed E-state index contributed by atoms with van der Waals surface area (Å²) in [5.41, 5.74) is 1.50. The van der Waals surface area contributed by atoms with Crippen LogP contribution >= 0.6 is 0 Å². The molecular weight excluding hydrogens is 350 g/mol.